The molecule has 0 spiro atoms. The van der Waals surface area contributed by atoms with Crippen LogP contribution in [0.4, 0.5) is 8.78 Å². The molecule has 0 unspecified atom stereocenters. The number of benzene rings is 2. The lowest BCUT2D eigenvalue weighted by atomic mass is 10.0. The van der Waals surface area contributed by atoms with Gasteiger partial charge in [-0.1, -0.05) is 6.07 Å². The number of hydrogen-bond acceptors (Lipinski definition) is 2. The van der Waals surface area contributed by atoms with Gasteiger partial charge in [0.15, 0.2) is 5.78 Å². The Balaban J connectivity index is 2.44. The predicted molar refractivity (Wildman–Crippen MR) is 75.1 cm³/mol. The first-order valence-corrected chi connectivity index (χ1v) is 6.75. The Morgan fingerprint density at radius 2 is 1.85 bits per heavy atom. The highest BCUT2D eigenvalue weighted by Crippen LogP contribution is 2.27. The molecule has 0 fully saturated rings. The first-order valence-electron chi connectivity index (χ1n) is 5.95. The van der Waals surface area contributed by atoms with Crippen molar-refractivity contribution < 1.29 is 18.3 Å². The molecule has 20 heavy (non-hydrogen) atoms. The Kier molecular flexibility index (Phi) is 4.49. The molecule has 0 aliphatic heterocycles. The maximum absolute atomic E-state index is 13.6. The van der Waals surface area contributed by atoms with Crippen LogP contribution in [-0.2, 0) is 0 Å². The molecule has 0 aliphatic rings. The third-order valence-corrected chi connectivity index (χ3v) is 3.34. The molecule has 0 N–H and O–H groups in total. The number of carbonyl (C=O) groups is 1. The zero-order valence-corrected chi connectivity index (χ0v) is 12.2. The van der Waals surface area contributed by atoms with E-state index in [-0.39, 0.29) is 5.56 Å². The van der Waals surface area contributed by atoms with Gasteiger partial charge >= 0.3 is 0 Å². The number of ether oxygens (including phenoxy) is 1. The summed E-state index contributed by atoms with van der Waals surface area (Å²) < 4.78 is 32.9. The molecule has 0 radical (unpaired) electrons. The SMILES string of the molecule is CCOc1ccc(C(=O)c2c(F)cccc2F)c(Br)c1. The topological polar surface area (TPSA) is 26.3 Å². The summed E-state index contributed by atoms with van der Waals surface area (Å²) >= 11 is 3.22. The van der Waals surface area contributed by atoms with E-state index in [0.29, 0.717) is 16.8 Å². The Labute approximate surface area is 123 Å². The second kappa shape index (κ2) is 6.13. The summed E-state index contributed by atoms with van der Waals surface area (Å²) in [7, 11) is 0. The standard InChI is InChI=1S/C15H11BrF2O2/c1-2-20-9-6-7-10(11(16)8-9)15(19)14-12(17)4-3-5-13(14)18/h3-8H,2H2,1H3. The van der Waals surface area contributed by atoms with Crippen molar-refractivity contribution in [1.29, 1.82) is 0 Å². The monoisotopic (exact) mass is 340 g/mol. The fourth-order valence-corrected chi connectivity index (χ4v) is 2.32. The molecule has 0 saturated heterocycles. The van der Waals surface area contributed by atoms with Crippen LogP contribution >= 0.6 is 15.9 Å². The van der Waals surface area contributed by atoms with Crippen LogP contribution in [-0.4, -0.2) is 12.4 Å². The van der Waals surface area contributed by atoms with Crippen LogP contribution < -0.4 is 4.74 Å². The fourth-order valence-electron chi connectivity index (χ4n) is 1.79. The van der Waals surface area contributed by atoms with Crippen LogP contribution in [0.1, 0.15) is 22.8 Å². The highest BCUT2D eigenvalue weighted by molar-refractivity contribution is 9.10. The third kappa shape index (κ3) is 2.88. The van der Waals surface area contributed by atoms with Gasteiger partial charge in [0.1, 0.15) is 17.4 Å². The smallest absolute Gasteiger partial charge is 0.200 e. The van der Waals surface area contributed by atoms with Gasteiger partial charge in [-0.3, -0.25) is 4.79 Å². The molecule has 0 atom stereocenters. The van der Waals surface area contributed by atoms with E-state index < -0.39 is 23.0 Å². The average molecular weight is 341 g/mol. The van der Waals surface area contributed by atoms with Gasteiger partial charge in [-0.15, -0.1) is 0 Å². The fraction of sp³-hybridized carbons (Fsp3) is 0.133. The van der Waals surface area contributed by atoms with Gasteiger partial charge in [0.2, 0.25) is 0 Å². The molecule has 2 aromatic carbocycles. The minimum Gasteiger partial charge on any atom is -0.494 e. The normalized spacial score (nSPS) is 10.4. The van der Waals surface area contributed by atoms with E-state index in [1.54, 1.807) is 12.1 Å². The molecule has 0 bridgehead atoms. The molecule has 5 heteroatoms. The van der Waals surface area contributed by atoms with Crippen LogP contribution in [0, 0.1) is 11.6 Å². The molecule has 0 heterocycles. The largest absolute Gasteiger partial charge is 0.494 e. The Morgan fingerprint density at radius 3 is 2.40 bits per heavy atom. The van der Waals surface area contributed by atoms with Crippen molar-refractivity contribution in [3.8, 4) is 5.75 Å². The molecule has 0 saturated carbocycles. The van der Waals surface area contributed by atoms with Crippen molar-refractivity contribution in [3.05, 3.63) is 63.6 Å². The van der Waals surface area contributed by atoms with E-state index in [2.05, 4.69) is 15.9 Å². The van der Waals surface area contributed by atoms with Crippen LogP contribution in [0.15, 0.2) is 40.9 Å². The van der Waals surface area contributed by atoms with Gasteiger partial charge in [0.25, 0.3) is 0 Å². The summed E-state index contributed by atoms with van der Waals surface area (Å²) in [5, 5.41) is 0. The molecule has 2 aromatic rings. The van der Waals surface area contributed by atoms with E-state index in [1.807, 2.05) is 6.92 Å². The lowest BCUT2D eigenvalue weighted by Crippen LogP contribution is -2.08. The average Bonchev–Trinajstić information content (AvgIpc) is 2.38. The maximum atomic E-state index is 13.6. The highest BCUT2D eigenvalue weighted by atomic mass is 79.9. The molecule has 2 nitrogen and oxygen atoms in total. The summed E-state index contributed by atoms with van der Waals surface area (Å²) in [6.07, 6.45) is 0. The zero-order valence-electron chi connectivity index (χ0n) is 10.6. The van der Waals surface area contributed by atoms with Gasteiger partial charge in [0.05, 0.1) is 12.2 Å². The molecular formula is C15H11BrF2O2. The predicted octanol–water partition coefficient (Wildman–Crippen LogP) is 4.36. The second-order valence-corrected chi connectivity index (χ2v) is 4.85. The minimum atomic E-state index is -0.879. The zero-order chi connectivity index (χ0) is 14.7. The minimum absolute atomic E-state index is 0.178. The highest BCUT2D eigenvalue weighted by Gasteiger charge is 2.20. The number of rotatable bonds is 4. The summed E-state index contributed by atoms with van der Waals surface area (Å²) in [6, 6.07) is 7.98. The molecule has 0 aliphatic carbocycles. The molecule has 2 rings (SSSR count). The van der Waals surface area contributed by atoms with Crippen molar-refractivity contribution in [3.63, 3.8) is 0 Å². The molecule has 0 amide bonds. The number of halogens is 3. The molecule has 0 aromatic heterocycles. The Hall–Kier alpha value is -1.75. The summed E-state index contributed by atoms with van der Waals surface area (Å²) in [5.74, 6) is -1.90. The van der Waals surface area contributed by atoms with Crippen molar-refractivity contribution in [2.45, 2.75) is 6.92 Å². The van der Waals surface area contributed by atoms with Gasteiger partial charge in [-0.2, -0.15) is 0 Å². The number of hydrogen-bond donors (Lipinski definition) is 0. The van der Waals surface area contributed by atoms with Crippen molar-refractivity contribution in [2.24, 2.45) is 0 Å². The Morgan fingerprint density at radius 1 is 1.20 bits per heavy atom. The number of carbonyl (C=O) groups excluding carboxylic acids is 1. The van der Waals surface area contributed by atoms with Crippen LogP contribution in [0.3, 0.4) is 0 Å². The van der Waals surface area contributed by atoms with Gasteiger partial charge in [-0.05, 0) is 53.2 Å². The van der Waals surface area contributed by atoms with Crippen LogP contribution in [0.2, 0.25) is 0 Å². The second-order valence-electron chi connectivity index (χ2n) is 4.00. The van der Waals surface area contributed by atoms with Crippen LogP contribution in [0.25, 0.3) is 0 Å². The number of ketones is 1. The summed E-state index contributed by atoms with van der Waals surface area (Å²) in [6.45, 7) is 2.32. The van der Waals surface area contributed by atoms with Crippen molar-refractivity contribution in [1.82, 2.24) is 0 Å². The van der Waals surface area contributed by atoms with E-state index in [0.717, 1.165) is 12.1 Å². The van der Waals surface area contributed by atoms with Crippen molar-refractivity contribution in [2.75, 3.05) is 6.61 Å². The quantitative estimate of drug-likeness (QED) is 0.773. The van der Waals surface area contributed by atoms with E-state index in [1.165, 1.54) is 12.1 Å². The maximum Gasteiger partial charge on any atom is 0.200 e. The first kappa shape index (κ1) is 14.7. The van der Waals surface area contributed by atoms with E-state index in [4.69, 9.17) is 4.74 Å². The first-order chi connectivity index (χ1) is 9.54. The summed E-state index contributed by atoms with van der Waals surface area (Å²) in [5.41, 5.74) is -0.380. The third-order valence-electron chi connectivity index (χ3n) is 2.69. The van der Waals surface area contributed by atoms with Crippen LogP contribution in [0.5, 0.6) is 5.75 Å². The van der Waals surface area contributed by atoms with Gasteiger partial charge < -0.3 is 4.74 Å². The van der Waals surface area contributed by atoms with Gasteiger partial charge in [0, 0.05) is 10.0 Å². The van der Waals surface area contributed by atoms with E-state index >= 15 is 0 Å². The molecular weight excluding hydrogens is 330 g/mol. The lowest BCUT2D eigenvalue weighted by Gasteiger charge is -2.08. The van der Waals surface area contributed by atoms with Gasteiger partial charge in [-0.25, -0.2) is 8.78 Å². The lowest BCUT2D eigenvalue weighted by molar-refractivity contribution is 0.103. The summed E-state index contributed by atoms with van der Waals surface area (Å²) in [4.78, 5) is 12.2. The molecule has 104 valence electrons. The Bertz CT molecular complexity index is 636. The van der Waals surface area contributed by atoms with Crippen molar-refractivity contribution >= 4 is 21.7 Å². The van der Waals surface area contributed by atoms with E-state index in [9.17, 15) is 13.6 Å².